The summed E-state index contributed by atoms with van der Waals surface area (Å²) in [6.07, 6.45) is -0.319. The molecule has 0 radical (unpaired) electrons. The van der Waals surface area contributed by atoms with E-state index in [4.69, 9.17) is 9.47 Å². The van der Waals surface area contributed by atoms with E-state index in [2.05, 4.69) is 6.58 Å². The summed E-state index contributed by atoms with van der Waals surface area (Å²) in [5, 5.41) is 0. The molecule has 1 rings (SSSR count). The molecule has 0 spiro atoms. The highest BCUT2D eigenvalue weighted by Gasteiger charge is 2.38. The summed E-state index contributed by atoms with van der Waals surface area (Å²) in [5.74, 6) is -1.53. The van der Waals surface area contributed by atoms with E-state index in [1.807, 2.05) is 0 Å². The summed E-state index contributed by atoms with van der Waals surface area (Å²) >= 11 is 0. The Morgan fingerprint density at radius 3 is 2.48 bits per heavy atom. The quantitative estimate of drug-likeness (QED) is 0.534. The van der Waals surface area contributed by atoms with E-state index in [-0.39, 0.29) is 26.2 Å². The van der Waals surface area contributed by atoms with Crippen LogP contribution in [-0.4, -0.2) is 72.3 Å². The van der Waals surface area contributed by atoms with Crippen LogP contribution >= 0.6 is 0 Å². The monoisotopic (exact) mass is 358 g/mol. The van der Waals surface area contributed by atoms with E-state index in [0.29, 0.717) is 0 Å². The van der Waals surface area contributed by atoms with Gasteiger partial charge in [-0.2, -0.15) is 0 Å². The lowest BCUT2D eigenvalue weighted by Crippen LogP contribution is -2.41. The van der Waals surface area contributed by atoms with Crippen molar-refractivity contribution in [3.63, 3.8) is 0 Å². The van der Waals surface area contributed by atoms with Gasteiger partial charge in [0, 0.05) is 32.5 Å². The zero-order valence-corrected chi connectivity index (χ0v) is 15.3. The molecule has 0 saturated carbocycles. The van der Waals surface area contributed by atoms with Crippen LogP contribution in [-0.2, 0) is 19.1 Å². The Morgan fingerprint density at radius 2 is 1.96 bits per heavy atom. The number of nitrogens with zero attached hydrogens (tertiary/aromatic N) is 2. The molecule has 25 heavy (non-hydrogen) atoms. The van der Waals surface area contributed by atoms with E-state index < -0.39 is 42.3 Å². The summed E-state index contributed by atoms with van der Waals surface area (Å²) in [7, 11) is 0. The van der Waals surface area contributed by atoms with Crippen molar-refractivity contribution in [1.29, 1.82) is 0 Å². The third-order valence-corrected chi connectivity index (χ3v) is 3.57. The Kier molecular flexibility index (Phi) is 7.38. The van der Waals surface area contributed by atoms with Crippen LogP contribution in [0, 0.1) is 5.92 Å². The number of ether oxygens (including phenoxy) is 2. The Hall–Kier alpha value is -2.12. The fourth-order valence-electron chi connectivity index (χ4n) is 2.45. The number of alkyl halides is 1. The first-order valence-electron chi connectivity index (χ1n) is 8.17. The van der Waals surface area contributed by atoms with Crippen LogP contribution in [0.25, 0.3) is 0 Å². The minimum Gasteiger partial charge on any atom is -0.456 e. The van der Waals surface area contributed by atoms with Gasteiger partial charge >= 0.3 is 12.1 Å². The first kappa shape index (κ1) is 20.9. The maximum atomic E-state index is 14.3. The number of hydrogen-bond acceptors (Lipinski definition) is 5. The zero-order chi connectivity index (χ0) is 19.2. The second-order valence-electron chi connectivity index (χ2n) is 7.03. The van der Waals surface area contributed by atoms with Gasteiger partial charge in [0.2, 0.25) is 0 Å². The van der Waals surface area contributed by atoms with Crippen molar-refractivity contribution >= 4 is 18.0 Å². The summed E-state index contributed by atoms with van der Waals surface area (Å²) in [6.45, 7) is 10.0. The molecule has 2 amide bonds. The van der Waals surface area contributed by atoms with Crippen molar-refractivity contribution in [3.05, 3.63) is 12.7 Å². The predicted molar refractivity (Wildman–Crippen MR) is 89.6 cm³/mol. The fraction of sp³-hybridized carbons (Fsp3) is 0.706. The molecule has 2 unspecified atom stereocenters. The van der Waals surface area contributed by atoms with Crippen molar-refractivity contribution < 1.29 is 28.2 Å². The Bertz CT molecular complexity index is 518. The van der Waals surface area contributed by atoms with Crippen LogP contribution in [0.1, 0.15) is 27.7 Å². The number of hydrogen-bond donors (Lipinski definition) is 0. The minimum absolute atomic E-state index is 0.0698. The van der Waals surface area contributed by atoms with E-state index >= 15 is 0 Å². The Balaban J connectivity index is 2.66. The average molecular weight is 358 g/mol. The lowest BCUT2D eigenvalue weighted by atomic mass is 10.1. The van der Waals surface area contributed by atoms with E-state index in [1.54, 1.807) is 20.8 Å². The maximum absolute atomic E-state index is 14.3. The smallest absolute Gasteiger partial charge is 0.410 e. The lowest BCUT2D eigenvalue weighted by Gasteiger charge is -2.26. The molecule has 7 nitrogen and oxygen atoms in total. The number of amides is 2. The molecule has 1 aliphatic rings. The number of esters is 1. The third kappa shape index (κ3) is 7.11. The van der Waals surface area contributed by atoms with Gasteiger partial charge in [-0.1, -0.05) is 6.08 Å². The first-order valence-corrected chi connectivity index (χ1v) is 8.17. The van der Waals surface area contributed by atoms with Gasteiger partial charge in [0.1, 0.15) is 11.8 Å². The van der Waals surface area contributed by atoms with Gasteiger partial charge in [-0.05, 0) is 20.8 Å². The molecule has 1 saturated heterocycles. The topological polar surface area (TPSA) is 76.2 Å². The van der Waals surface area contributed by atoms with Gasteiger partial charge < -0.3 is 19.3 Å². The molecule has 1 aliphatic heterocycles. The number of rotatable bonds is 6. The van der Waals surface area contributed by atoms with Crippen LogP contribution in [0.3, 0.4) is 0 Å². The maximum Gasteiger partial charge on any atom is 0.410 e. The molecule has 0 bridgehead atoms. The molecule has 8 heteroatoms. The fourth-order valence-corrected chi connectivity index (χ4v) is 2.45. The van der Waals surface area contributed by atoms with Crippen molar-refractivity contribution in [2.75, 3.05) is 32.8 Å². The normalized spacial score (nSPS) is 20.1. The van der Waals surface area contributed by atoms with Gasteiger partial charge in [0.15, 0.2) is 6.61 Å². The highest BCUT2D eigenvalue weighted by molar-refractivity contribution is 5.80. The van der Waals surface area contributed by atoms with Crippen molar-refractivity contribution in [2.24, 2.45) is 5.92 Å². The summed E-state index contributed by atoms with van der Waals surface area (Å²) in [6, 6.07) is 0. The summed E-state index contributed by atoms with van der Waals surface area (Å²) in [4.78, 5) is 37.7. The van der Waals surface area contributed by atoms with Crippen molar-refractivity contribution in [1.82, 2.24) is 9.80 Å². The van der Waals surface area contributed by atoms with Gasteiger partial charge in [-0.3, -0.25) is 9.59 Å². The van der Waals surface area contributed by atoms with E-state index in [0.717, 1.165) is 0 Å². The summed E-state index contributed by atoms with van der Waals surface area (Å²) < 4.78 is 24.3. The largest absolute Gasteiger partial charge is 0.456 e. The highest BCUT2D eigenvalue weighted by atomic mass is 19.1. The van der Waals surface area contributed by atoms with Crippen LogP contribution in [0.15, 0.2) is 12.7 Å². The Morgan fingerprint density at radius 1 is 1.32 bits per heavy atom. The summed E-state index contributed by atoms with van der Waals surface area (Å²) in [5.41, 5.74) is -0.657. The Labute approximate surface area is 147 Å². The number of likely N-dealkylation sites (tertiary alicyclic amines) is 1. The average Bonchev–Trinajstić information content (AvgIpc) is 2.84. The molecule has 0 aliphatic carbocycles. The zero-order valence-electron chi connectivity index (χ0n) is 15.3. The second kappa shape index (κ2) is 8.82. The van der Waals surface area contributed by atoms with Gasteiger partial charge in [0.25, 0.3) is 5.91 Å². The SMILES string of the molecule is C=CCN(CC1CN(C(=O)OC(C)(C)C)CC1F)C(=O)COC(C)=O. The molecule has 1 fully saturated rings. The van der Waals surface area contributed by atoms with E-state index in [1.165, 1.54) is 22.8 Å². The molecule has 0 N–H and O–H groups in total. The molecule has 1 heterocycles. The predicted octanol–water partition coefficient (Wildman–Crippen LogP) is 1.77. The first-order chi connectivity index (χ1) is 11.5. The van der Waals surface area contributed by atoms with Gasteiger partial charge in [-0.15, -0.1) is 6.58 Å². The molecule has 0 aromatic heterocycles. The molecule has 2 atom stereocenters. The van der Waals surface area contributed by atoms with Crippen LogP contribution in [0.4, 0.5) is 9.18 Å². The highest BCUT2D eigenvalue weighted by Crippen LogP contribution is 2.23. The van der Waals surface area contributed by atoms with Crippen LogP contribution in [0.5, 0.6) is 0 Å². The second-order valence-corrected chi connectivity index (χ2v) is 7.03. The minimum atomic E-state index is -1.26. The number of halogens is 1. The van der Waals surface area contributed by atoms with Crippen molar-refractivity contribution in [3.8, 4) is 0 Å². The number of carbonyl (C=O) groups is 3. The van der Waals surface area contributed by atoms with Crippen molar-refractivity contribution in [2.45, 2.75) is 39.5 Å². The third-order valence-electron chi connectivity index (χ3n) is 3.57. The molecule has 142 valence electrons. The van der Waals surface area contributed by atoms with Crippen LogP contribution in [0.2, 0.25) is 0 Å². The molecule has 0 aromatic rings. The standard InChI is InChI=1S/C17H27FN2O5/c1-6-7-19(15(22)11-24-12(2)21)8-13-9-20(10-14(13)18)16(23)25-17(3,4)5/h6,13-14H,1,7-11H2,2-5H3. The van der Waals surface area contributed by atoms with Gasteiger partial charge in [-0.25, -0.2) is 9.18 Å². The van der Waals surface area contributed by atoms with Crippen LogP contribution < -0.4 is 0 Å². The number of carbonyl (C=O) groups excluding carboxylic acids is 3. The lowest BCUT2D eigenvalue weighted by molar-refractivity contribution is -0.150. The molecular formula is C17H27FN2O5. The molecule has 0 aromatic carbocycles. The van der Waals surface area contributed by atoms with E-state index in [9.17, 15) is 18.8 Å². The van der Waals surface area contributed by atoms with Gasteiger partial charge in [0.05, 0.1) is 6.54 Å². The molecular weight excluding hydrogens is 331 g/mol.